The van der Waals surface area contributed by atoms with Gasteiger partial charge in [-0.05, 0) is 48.0 Å². The number of anilines is 1. The maximum Gasteiger partial charge on any atom is 0.513 e. The number of nitrogens with zero attached hydrogens (tertiary/aromatic N) is 2. The Morgan fingerprint density at radius 3 is 2.02 bits per heavy atom. The molecular weight excluding hydrogens is 586 g/mol. The lowest BCUT2D eigenvalue weighted by Crippen LogP contribution is -2.39. The number of hydrazone groups is 1. The number of hydrogen-bond donors (Lipinski definition) is 1. The number of carbonyl (C=O) groups is 2. The monoisotopic (exact) mass is 617 g/mol. The minimum Gasteiger partial charge on any atom is -0.497 e. The van der Waals surface area contributed by atoms with E-state index in [1.165, 1.54) is 91.3 Å². The smallest absolute Gasteiger partial charge is 0.497 e. The fraction of sp³-hybridized carbons (Fsp3) is 0.250. The molecule has 0 aliphatic heterocycles. The molecule has 1 amide bonds. The van der Waals surface area contributed by atoms with Crippen LogP contribution in [-0.4, -0.2) is 75.9 Å². The van der Waals surface area contributed by atoms with E-state index in [1.807, 2.05) is 0 Å². The molecule has 3 aromatic carbocycles. The summed E-state index contributed by atoms with van der Waals surface area (Å²) in [7, 11) is 3.74. The van der Waals surface area contributed by atoms with E-state index in [0.717, 1.165) is 4.31 Å². The second kappa shape index (κ2) is 14.6. The first kappa shape index (κ1) is 32.3. The van der Waals surface area contributed by atoms with E-state index in [1.54, 1.807) is 12.1 Å². The molecule has 0 atom stereocenters. The Kier molecular flexibility index (Phi) is 11.0. The Hall–Kier alpha value is -5.18. The van der Waals surface area contributed by atoms with Gasteiger partial charge in [-0.3, -0.25) is 9.10 Å². The molecule has 0 saturated heterocycles. The summed E-state index contributed by atoms with van der Waals surface area (Å²) in [5, 5.41) is 3.93. The minimum atomic E-state index is -4.39. The largest absolute Gasteiger partial charge is 0.513 e. The van der Waals surface area contributed by atoms with Gasteiger partial charge in [0.15, 0.2) is 23.0 Å². The summed E-state index contributed by atoms with van der Waals surface area (Å²) in [5.74, 6) is 0.534. The standard InChI is InChI=1S/C28H31N3O11S/c1-36-19-8-11-22(37-2)21(14-19)31(43(34,35)20-9-12-23(38-3)26(15-20)40-5)17-27(32)30-29-16-18-7-10-24(25(13-18)39-4)42-28(33)41-6/h7-16H,17H2,1-6H3,(H,30,32)/b29-16-. The molecule has 0 radical (unpaired) electrons. The van der Waals surface area contributed by atoms with Gasteiger partial charge >= 0.3 is 6.16 Å². The Morgan fingerprint density at radius 2 is 1.40 bits per heavy atom. The first-order valence-corrected chi connectivity index (χ1v) is 13.8. The molecular formula is C28H31N3O11S. The van der Waals surface area contributed by atoms with Crippen molar-refractivity contribution in [3.05, 3.63) is 60.2 Å². The first-order chi connectivity index (χ1) is 20.6. The number of nitrogens with one attached hydrogen (secondary N) is 1. The molecule has 0 saturated carbocycles. The van der Waals surface area contributed by atoms with Crippen LogP contribution in [0.1, 0.15) is 5.56 Å². The molecule has 15 heteroatoms. The lowest BCUT2D eigenvalue weighted by molar-refractivity contribution is -0.119. The van der Waals surface area contributed by atoms with Crippen molar-refractivity contribution in [1.29, 1.82) is 0 Å². The molecule has 0 spiro atoms. The van der Waals surface area contributed by atoms with Crippen LogP contribution in [0.2, 0.25) is 0 Å². The molecule has 0 aliphatic carbocycles. The molecule has 0 heterocycles. The van der Waals surface area contributed by atoms with Gasteiger partial charge in [0, 0.05) is 12.1 Å². The lowest BCUT2D eigenvalue weighted by atomic mass is 10.2. The number of methoxy groups -OCH3 is 6. The van der Waals surface area contributed by atoms with Gasteiger partial charge in [0.25, 0.3) is 15.9 Å². The number of sulfonamides is 1. The third-order valence-electron chi connectivity index (χ3n) is 5.84. The summed E-state index contributed by atoms with van der Waals surface area (Å²) >= 11 is 0. The molecule has 43 heavy (non-hydrogen) atoms. The summed E-state index contributed by atoms with van der Waals surface area (Å²) < 4.78 is 64.6. The van der Waals surface area contributed by atoms with Crippen LogP contribution in [-0.2, 0) is 19.6 Å². The average Bonchev–Trinajstić information content (AvgIpc) is 3.03. The zero-order chi connectivity index (χ0) is 31.6. The number of carbonyl (C=O) groups excluding carboxylic acids is 2. The zero-order valence-electron chi connectivity index (χ0n) is 24.3. The van der Waals surface area contributed by atoms with Gasteiger partial charge in [0.05, 0.1) is 59.5 Å². The van der Waals surface area contributed by atoms with Crippen LogP contribution in [0.25, 0.3) is 0 Å². The van der Waals surface area contributed by atoms with Crippen LogP contribution in [0, 0.1) is 0 Å². The van der Waals surface area contributed by atoms with Crippen molar-refractivity contribution >= 4 is 34.0 Å². The maximum atomic E-state index is 14.0. The van der Waals surface area contributed by atoms with Crippen LogP contribution in [0.5, 0.6) is 34.5 Å². The van der Waals surface area contributed by atoms with E-state index in [0.29, 0.717) is 17.1 Å². The molecule has 0 bridgehead atoms. The van der Waals surface area contributed by atoms with Crippen molar-refractivity contribution in [2.75, 3.05) is 53.5 Å². The first-order valence-electron chi connectivity index (χ1n) is 12.3. The molecule has 3 rings (SSSR count). The summed E-state index contributed by atoms with van der Waals surface area (Å²) in [5.41, 5.74) is 2.83. The second-order valence-electron chi connectivity index (χ2n) is 8.33. The van der Waals surface area contributed by atoms with Gasteiger partial charge in [-0.2, -0.15) is 5.10 Å². The van der Waals surface area contributed by atoms with Gasteiger partial charge in [-0.25, -0.2) is 18.6 Å². The Balaban J connectivity index is 1.93. The highest BCUT2D eigenvalue weighted by atomic mass is 32.2. The van der Waals surface area contributed by atoms with Crippen LogP contribution in [0.4, 0.5) is 10.5 Å². The molecule has 1 N–H and O–H groups in total. The maximum absolute atomic E-state index is 14.0. The second-order valence-corrected chi connectivity index (χ2v) is 10.2. The minimum absolute atomic E-state index is 0.0432. The van der Waals surface area contributed by atoms with Gasteiger partial charge in [-0.1, -0.05) is 0 Å². The molecule has 0 aromatic heterocycles. The van der Waals surface area contributed by atoms with Gasteiger partial charge in [0.2, 0.25) is 0 Å². The van der Waals surface area contributed by atoms with Gasteiger partial charge < -0.3 is 33.2 Å². The Morgan fingerprint density at radius 1 is 0.767 bits per heavy atom. The number of rotatable bonds is 13. The topological polar surface area (TPSA) is 161 Å². The highest BCUT2D eigenvalue weighted by Crippen LogP contribution is 2.37. The SMILES string of the molecule is COC(=O)Oc1ccc(/C=N\NC(=O)CN(c2cc(OC)ccc2OC)S(=O)(=O)c2ccc(OC)c(OC)c2)cc1OC. The average molecular weight is 618 g/mol. The van der Waals surface area contributed by atoms with Crippen LogP contribution in [0.15, 0.2) is 64.6 Å². The van der Waals surface area contributed by atoms with Crippen molar-refractivity contribution in [1.82, 2.24) is 5.43 Å². The van der Waals surface area contributed by atoms with Gasteiger partial charge in [0.1, 0.15) is 18.0 Å². The fourth-order valence-corrected chi connectivity index (χ4v) is 5.16. The number of amides is 1. The molecule has 0 aliphatic rings. The Bertz CT molecular complexity index is 1590. The van der Waals surface area contributed by atoms with E-state index in [2.05, 4.69) is 15.3 Å². The molecule has 0 fully saturated rings. The van der Waals surface area contributed by atoms with Crippen LogP contribution < -0.4 is 38.2 Å². The fourth-order valence-electron chi connectivity index (χ4n) is 3.72. The van der Waals surface area contributed by atoms with Crippen LogP contribution in [0.3, 0.4) is 0 Å². The Labute approximate surface area is 248 Å². The van der Waals surface area contributed by atoms with E-state index in [9.17, 15) is 18.0 Å². The summed E-state index contributed by atoms with van der Waals surface area (Å²) in [6.45, 7) is -0.688. The van der Waals surface area contributed by atoms with Crippen molar-refractivity contribution in [3.63, 3.8) is 0 Å². The summed E-state index contributed by atoms with van der Waals surface area (Å²) in [4.78, 5) is 24.3. The zero-order valence-corrected chi connectivity index (χ0v) is 25.1. The van der Waals surface area contributed by atoms with Crippen molar-refractivity contribution in [2.45, 2.75) is 4.90 Å². The number of benzene rings is 3. The van der Waals surface area contributed by atoms with Crippen molar-refractivity contribution < 1.29 is 51.2 Å². The van der Waals surface area contributed by atoms with Crippen molar-refractivity contribution in [2.24, 2.45) is 5.10 Å². The molecule has 230 valence electrons. The molecule has 3 aromatic rings. The normalized spacial score (nSPS) is 10.9. The highest BCUT2D eigenvalue weighted by Gasteiger charge is 2.31. The highest BCUT2D eigenvalue weighted by molar-refractivity contribution is 7.92. The van der Waals surface area contributed by atoms with Crippen LogP contribution >= 0.6 is 0 Å². The third-order valence-corrected chi connectivity index (χ3v) is 7.59. The number of ether oxygens (including phenoxy) is 7. The molecule has 14 nitrogen and oxygen atoms in total. The third kappa shape index (κ3) is 7.77. The van der Waals surface area contributed by atoms with Crippen molar-refractivity contribution in [3.8, 4) is 34.5 Å². The van der Waals surface area contributed by atoms with E-state index in [4.69, 9.17) is 28.4 Å². The van der Waals surface area contributed by atoms with Gasteiger partial charge in [-0.15, -0.1) is 0 Å². The lowest BCUT2D eigenvalue weighted by Gasteiger charge is -2.26. The van der Waals surface area contributed by atoms with E-state index < -0.39 is 28.6 Å². The quantitative estimate of drug-likeness (QED) is 0.130. The molecule has 0 unspecified atom stereocenters. The summed E-state index contributed by atoms with van der Waals surface area (Å²) in [6.07, 6.45) is 0.369. The predicted octanol–water partition coefficient (Wildman–Crippen LogP) is 3.22. The summed E-state index contributed by atoms with van der Waals surface area (Å²) in [6, 6.07) is 13.1. The number of hydrogen-bond acceptors (Lipinski definition) is 12. The van der Waals surface area contributed by atoms with E-state index >= 15 is 0 Å². The van der Waals surface area contributed by atoms with E-state index in [-0.39, 0.29) is 33.6 Å². The predicted molar refractivity (Wildman–Crippen MR) is 155 cm³/mol.